The zero-order valence-corrected chi connectivity index (χ0v) is 17.1. The Labute approximate surface area is 165 Å². The fraction of sp³-hybridized carbons (Fsp3) is 0.263. The molecule has 0 aliphatic carbocycles. The minimum atomic E-state index is 0.559. The Morgan fingerprint density at radius 2 is 1.85 bits per heavy atom. The smallest absolute Gasteiger partial charge is 0.237 e. The van der Waals surface area contributed by atoms with Crippen molar-refractivity contribution in [3.8, 4) is 17.1 Å². The molecule has 0 bridgehead atoms. The molecule has 0 radical (unpaired) electrons. The van der Waals surface area contributed by atoms with Crippen LogP contribution in [0.15, 0.2) is 33.8 Å². The highest BCUT2D eigenvalue weighted by Gasteiger charge is 2.16. The third kappa shape index (κ3) is 3.54. The number of nitrogens with zero attached hydrogens (tertiary/aromatic N) is 4. The third-order valence-electron chi connectivity index (χ3n) is 4.26. The summed E-state index contributed by atoms with van der Waals surface area (Å²) in [4.78, 5) is 16.0. The van der Waals surface area contributed by atoms with Gasteiger partial charge in [-0.1, -0.05) is 16.9 Å². The molecule has 1 aromatic carbocycles. The summed E-state index contributed by atoms with van der Waals surface area (Å²) >= 11 is 3.31. The summed E-state index contributed by atoms with van der Waals surface area (Å²) in [5.74, 6) is 3.27. The molecule has 4 aromatic rings. The number of hydrogen-bond acceptors (Lipinski definition) is 8. The first kappa shape index (κ1) is 17.9. The number of thiophene rings is 1. The number of fused-ring (bicyclic) bond motifs is 1. The SMILES string of the molecule is COc1ccc(-c2noc(CSc3nc(C)nc4sc(C)c(C)c34)n2)cc1. The van der Waals surface area contributed by atoms with Gasteiger partial charge in [0.05, 0.1) is 12.9 Å². The maximum absolute atomic E-state index is 5.42. The van der Waals surface area contributed by atoms with E-state index in [1.807, 2.05) is 31.2 Å². The van der Waals surface area contributed by atoms with Gasteiger partial charge in [-0.25, -0.2) is 9.97 Å². The summed E-state index contributed by atoms with van der Waals surface area (Å²) in [5, 5.41) is 6.17. The van der Waals surface area contributed by atoms with Crippen molar-refractivity contribution in [3.63, 3.8) is 0 Å². The second kappa shape index (κ2) is 7.28. The average molecular weight is 399 g/mol. The van der Waals surface area contributed by atoms with Crippen molar-refractivity contribution in [3.05, 3.63) is 46.4 Å². The van der Waals surface area contributed by atoms with E-state index in [2.05, 4.69) is 34.0 Å². The van der Waals surface area contributed by atoms with Gasteiger partial charge in [0.25, 0.3) is 0 Å². The van der Waals surface area contributed by atoms with Gasteiger partial charge >= 0.3 is 0 Å². The molecule has 4 rings (SSSR count). The van der Waals surface area contributed by atoms with Gasteiger partial charge in [0.2, 0.25) is 11.7 Å². The van der Waals surface area contributed by atoms with Crippen molar-refractivity contribution >= 4 is 33.3 Å². The second-order valence-electron chi connectivity index (χ2n) is 6.07. The van der Waals surface area contributed by atoms with Gasteiger partial charge in [0.15, 0.2) is 0 Å². The first-order valence-electron chi connectivity index (χ1n) is 8.39. The molecular formula is C19H18N4O2S2. The van der Waals surface area contributed by atoms with Crippen molar-refractivity contribution in [2.24, 2.45) is 0 Å². The summed E-state index contributed by atoms with van der Waals surface area (Å²) in [6.07, 6.45) is 0. The van der Waals surface area contributed by atoms with Gasteiger partial charge in [0, 0.05) is 15.8 Å². The van der Waals surface area contributed by atoms with Crippen molar-refractivity contribution in [1.82, 2.24) is 20.1 Å². The van der Waals surface area contributed by atoms with Crippen LogP contribution in [0.1, 0.15) is 22.2 Å². The second-order valence-corrected chi connectivity index (χ2v) is 8.24. The fourth-order valence-corrected chi connectivity index (χ4v) is 4.83. The van der Waals surface area contributed by atoms with E-state index in [1.165, 1.54) is 10.4 Å². The van der Waals surface area contributed by atoms with Crippen molar-refractivity contribution < 1.29 is 9.26 Å². The number of hydrogen-bond donors (Lipinski definition) is 0. The zero-order valence-electron chi connectivity index (χ0n) is 15.4. The normalized spacial score (nSPS) is 11.3. The molecule has 6 nitrogen and oxygen atoms in total. The number of thioether (sulfide) groups is 1. The van der Waals surface area contributed by atoms with Crippen LogP contribution in [0.25, 0.3) is 21.6 Å². The van der Waals surface area contributed by atoms with Crippen LogP contribution in [0, 0.1) is 20.8 Å². The van der Waals surface area contributed by atoms with Crippen LogP contribution < -0.4 is 4.74 Å². The van der Waals surface area contributed by atoms with Crippen molar-refractivity contribution in [2.75, 3.05) is 7.11 Å². The molecule has 3 heterocycles. The topological polar surface area (TPSA) is 73.9 Å². The lowest BCUT2D eigenvalue weighted by Gasteiger charge is -2.03. The van der Waals surface area contributed by atoms with E-state index < -0.39 is 0 Å². The van der Waals surface area contributed by atoms with E-state index >= 15 is 0 Å². The Hall–Kier alpha value is -2.45. The van der Waals surface area contributed by atoms with E-state index in [9.17, 15) is 0 Å². The molecule has 27 heavy (non-hydrogen) atoms. The van der Waals surface area contributed by atoms with Crippen LogP contribution in [-0.4, -0.2) is 27.2 Å². The molecule has 0 saturated heterocycles. The van der Waals surface area contributed by atoms with E-state index in [-0.39, 0.29) is 0 Å². The van der Waals surface area contributed by atoms with Gasteiger partial charge < -0.3 is 9.26 Å². The standard InChI is InChI=1S/C19H18N4O2S2/c1-10-11(2)27-19-16(10)18(20-12(3)21-19)26-9-15-22-17(23-25-15)13-5-7-14(24-4)8-6-13/h5-8H,9H2,1-4H3. The predicted octanol–water partition coefficient (Wildman–Crippen LogP) is 4.97. The summed E-state index contributed by atoms with van der Waals surface area (Å²) in [5.41, 5.74) is 2.13. The highest BCUT2D eigenvalue weighted by Crippen LogP contribution is 2.36. The van der Waals surface area contributed by atoms with E-state index in [4.69, 9.17) is 9.26 Å². The largest absolute Gasteiger partial charge is 0.497 e. The van der Waals surface area contributed by atoms with Gasteiger partial charge in [-0.2, -0.15) is 4.98 Å². The Bertz CT molecular complexity index is 1100. The number of rotatable bonds is 5. The van der Waals surface area contributed by atoms with Crippen LogP contribution >= 0.6 is 23.1 Å². The first-order valence-corrected chi connectivity index (χ1v) is 10.2. The van der Waals surface area contributed by atoms with E-state index in [0.29, 0.717) is 17.5 Å². The first-order chi connectivity index (χ1) is 13.0. The Morgan fingerprint density at radius 3 is 2.59 bits per heavy atom. The number of ether oxygens (including phenoxy) is 1. The van der Waals surface area contributed by atoms with E-state index in [0.717, 1.165) is 32.4 Å². The molecule has 0 N–H and O–H groups in total. The third-order valence-corrected chi connectivity index (χ3v) is 6.32. The van der Waals surface area contributed by atoms with E-state index in [1.54, 1.807) is 30.2 Å². The summed E-state index contributed by atoms with van der Waals surface area (Å²) in [7, 11) is 1.64. The molecule has 8 heteroatoms. The minimum Gasteiger partial charge on any atom is -0.497 e. The molecule has 0 aliphatic heterocycles. The molecule has 0 atom stereocenters. The molecule has 0 aliphatic rings. The minimum absolute atomic E-state index is 0.559. The lowest BCUT2D eigenvalue weighted by Crippen LogP contribution is -1.92. The highest BCUT2D eigenvalue weighted by molar-refractivity contribution is 7.98. The van der Waals surface area contributed by atoms with Crippen LogP contribution in [0.3, 0.4) is 0 Å². The molecular weight excluding hydrogens is 380 g/mol. The van der Waals surface area contributed by atoms with Crippen LogP contribution in [-0.2, 0) is 5.75 Å². The molecule has 138 valence electrons. The van der Waals surface area contributed by atoms with Crippen molar-refractivity contribution in [1.29, 1.82) is 0 Å². The lowest BCUT2D eigenvalue weighted by atomic mass is 10.2. The van der Waals surface area contributed by atoms with Crippen LogP contribution in [0.4, 0.5) is 0 Å². The summed E-state index contributed by atoms with van der Waals surface area (Å²) in [6.45, 7) is 6.15. The highest BCUT2D eigenvalue weighted by atomic mass is 32.2. The molecule has 0 fully saturated rings. The maximum Gasteiger partial charge on any atom is 0.237 e. The Kier molecular flexibility index (Phi) is 4.84. The van der Waals surface area contributed by atoms with Gasteiger partial charge in [0.1, 0.15) is 21.4 Å². The Morgan fingerprint density at radius 1 is 1.07 bits per heavy atom. The molecule has 3 aromatic heterocycles. The Balaban J connectivity index is 1.56. The number of benzene rings is 1. The molecule has 0 unspecified atom stereocenters. The number of methoxy groups -OCH3 is 1. The van der Waals surface area contributed by atoms with Gasteiger partial charge in [-0.15, -0.1) is 11.3 Å². The van der Waals surface area contributed by atoms with Gasteiger partial charge in [-0.05, 0) is 50.6 Å². The van der Waals surface area contributed by atoms with Crippen LogP contribution in [0.2, 0.25) is 0 Å². The maximum atomic E-state index is 5.42. The van der Waals surface area contributed by atoms with Crippen molar-refractivity contribution in [2.45, 2.75) is 31.6 Å². The molecule has 0 spiro atoms. The number of aryl methyl sites for hydroxylation is 3. The average Bonchev–Trinajstić information content (AvgIpc) is 3.25. The lowest BCUT2D eigenvalue weighted by molar-refractivity contribution is 0.391. The number of aromatic nitrogens is 4. The monoisotopic (exact) mass is 398 g/mol. The predicted molar refractivity (Wildman–Crippen MR) is 107 cm³/mol. The van der Waals surface area contributed by atoms with Gasteiger partial charge in [-0.3, -0.25) is 0 Å². The summed E-state index contributed by atoms with van der Waals surface area (Å²) < 4.78 is 10.6. The summed E-state index contributed by atoms with van der Waals surface area (Å²) in [6, 6.07) is 7.58. The molecule has 0 saturated carbocycles. The molecule has 0 amide bonds. The fourth-order valence-electron chi connectivity index (χ4n) is 2.72. The quantitative estimate of drug-likeness (QED) is 0.347. The zero-order chi connectivity index (χ0) is 19.0. The van der Waals surface area contributed by atoms with Crippen LogP contribution in [0.5, 0.6) is 5.75 Å².